The predicted molar refractivity (Wildman–Crippen MR) is 69.7 cm³/mol. The molecule has 1 saturated heterocycles. The van der Waals surface area contributed by atoms with Crippen LogP contribution in [0.5, 0.6) is 0 Å². The molecule has 1 aromatic rings. The summed E-state index contributed by atoms with van der Waals surface area (Å²) >= 11 is 0. The number of piperidine rings is 1. The Morgan fingerprint density at radius 3 is 3.00 bits per heavy atom. The normalized spacial score (nSPS) is 19.7. The molecule has 0 radical (unpaired) electrons. The van der Waals surface area contributed by atoms with Crippen LogP contribution < -0.4 is 4.90 Å². The summed E-state index contributed by atoms with van der Waals surface area (Å²) in [4.78, 5) is 19.0. The molecule has 1 fully saturated rings. The van der Waals surface area contributed by atoms with Gasteiger partial charge in [-0.15, -0.1) is 0 Å². The fourth-order valence-electron chi connectivity index (χ4n) is 2.46. The number of nitrogens with zero attached hydrogens (tertiary/aromatic N) is 3. The zero-order chi connectivity index (χ0) is 13.1. The number of amides is 1. The average molecular weight is 249 g/mol. The second kappa shape index (κ2) is 5.25. The summed E-state index contributed by atoms with van der Waals surface area (Å²) in [6, 6.07) is 3.90. The summed E-state index contributed by atoms with van der Waals surface area (Å²) in [5, 5.41) is 9.25. The Balaban J connectivity index is 2.20. The Morgan fingerprint density at radius 1 is 1.56 bits per heavy atom. The number of hydrogen-bond donors (Lipinski definition) is 1. The van der Waals surface area contributed by atoms with Crippen LogP contribution in [0.1, 0.15) is 25.0 Å². The van der Waals surface area contributed by atoms with Crippen molar-refractivity contribution >= 4 is 11.8 Å². The zero-order valence-corrected chi connectivity index (χ0v) is 10.8. The lowest BCUT2D eigenvalue weighted by Crippen LogP contribution is -2.51. The molecule has 1 aromatic heterocycles. The number of aromatic nitrogens is 1. The predicted octanol–water partition coefficient (Wildman–Crippen LogP) is 2.32. The van der Waals surface area contributed by atoms with E-state index in [1.165, 1.54) is 4.90 Å². The zero-order valence-electron chi connectivity index (χ0n) is 10.8. The highest BCUT2D eigenvalue weighted by atomic mass is 16.4. The Kier molecular flexibility index (Phi) is 3.69. The molecule has 1 aliphatic heterocycles. The van der Waals surface area contributed by atoms with Crippen LogP contribution in [-0.2, 0) is 0 Å². The van der Waals surface area contributed by atoms with E-state index < -0.39 is 6.09 Å². The summed E-state index contributed by atoms with van der Waals surface area (Å²) in [7, 11) is 1.95. The number of hydrogen-bond acceptors (Lipinski definition) is 3. The largest absolute Gasteiger partial charge is 0.465 e. The van der Waals surface area contributed by atoms with Gasteiger partial charge in [-0.25, -0.2) is 4.79 Å². The number of aryl methyl sites for hydroxylation is 1. The number of anilines is 1. The minimum absolute atomic E-state index is 0.0713. The van der Waals surface area contributed by atoms with E-state index in [1.807, 2.05) is 31.0 Å². The quantitative estimate of drug-likeness (QED) is 0.874. The fourth-order valence-corrected chi connectivity index (χ4v) is 2.46. The number of likely N-dealkylation sites (tertiary alicyclic amines) is 1. The van der Waals surface area contributed by atoms with Crippen molar-refractivity contribution in [3.05, 3.63) is 24.0 Å². The summed E-state index contributed by atoms with van der Waals surface area (Å²) < 4.78 is 0. The van der Waals surface area contributed by atoms with Gasteiger partial charge in [0, 0.05) is 31.2 Å². The highest BCUT2D eigenvalue weighted by Crippen LogP contribution is 2.24. The lowest BCUT2D eigenvalue weighted by Gasteiger charge is -2.40. The average Bonchev–Trinajstić information content (AvgIpc) is 2.38. The first-order valence-electron chi connectivity index (χ1n) is 6.24. The first-order chi connectivity index (χ1) is 8.59. The first-order valence-corrected chi connectivity index (χ1v) is 6.24. The van der Waals surface area contributed by atoms with Crippen molar-refractivity contribution in [1.82, 2.24) is 9.88 Å². The van der Waals surface area contributed by atoms with E-state index in [0.717, 1.165) is 30.6 Å². The fraction of sp³-hybridized carbons (Fsp3) is 0.538. The molecule has 5 heteroatoms. The highest BCUT2D eigenvalue weighted by Gasteiger charge is 2.29. The van der Waals surface area contributed by atoms with Crippen LogP contribution >= 0.6 is 0 Å². The standard InChI is InChI=1S/C13H19N3O2/c1-10-9-11(6-7-14-10)15(2)12-5-3-4-8-16(12)13(17)18/h6-7,9,12H,3-5,8H2,1-2H3,(H,17,18). The molecule has 2 rings (SSSR count). The molecule has 98 valence electrons. The van der Waals surface area contributed by atoms with Gasteiger partial charge in [0.2, 0.25) is 0 Å². The second-order valence-corrected chi connectivity index (χ2v) is 4.72. The molecule has 1 N–H and O–H groups in total. The first kappa shape index (κ1) is 12.7. The molecule has 2 heterocycles. The Morgan fingerprint density at radius 2 is 2.33 bits per heavy atom. The van der Waals surface area contributed by atoms with Crippen molar-refractivity contribution in [2.24, 2.45) is 0 Å². The number of pyridine rings is 1. The topological polar surface area (TPSA) is 56.7 Å². The molecule has 1 unspecified atom stereocenters. The van der Waals surface area contributed by atoms with E-state index in [2.05, 4.69) is 4.98 Å². The Bertz CT molecular complexity index is 436. The molecule has 0 saturated carbocycles. The maximum absolute atomic E-state index is 11.3. The third-order valence-corrected chi connectivity index (χ3v) is 3.45. The maximum atomic E-state index is 11.3. The van der Waals surface area contributed by atoms with Crippen molar-refractivity contribution in [1.29, 1.82) is 0 Å². The van der Waals surface area contributed by atoms with Crippen molar-refractivity contribution < 1.29 is 9.90 Å². The monoisotopic (exact) mass is 249 g/mol. The van der Waals surface area contributed by atoms with Gasteiger partial charge in [0.1, 0.15) is 6.17 Å². The number of carbonyl (C=O) groups is 1. The SMILES string of the molecule is Cc1cc(N(C)C2CCCCN2C(=O)O)ccn1. The maximum Gasteiger partial charge on any atom is 0.408 e. The van der Waals surface area contributed by atoms with Gasteiger partial charge >= 0.3 is 6.09 Å². The Hall–Kier alpha value is -1.78. The van der Waals surface area contributed by atoms with E-state index >= 15 is 0 Å². The smallest absolute Gasteiger partial charge is 0.408 e. The third kappa shape index (κ3) is 2.55. The molecule has 0 aromatic carbocycles. The molecular weight excluding hydrogens is 230 g/mol. The number of carboxylic acid groups (broad SMARTS) is 1. The van der Waals surface area contributed by atoms with Gasteiger partial charge in [-0.1, -0.05) is 0 Å². The van der Waals surface area contributed by atoms with Crippen molar-refractivity contribution in [2.75, 3.05) is 18.5 Å². The van der Waals surface area contributed by atoms with Gasteiger partial charge in [0.15, 0.2) is 0 Å². The van der Waals surface area contributed by atoms with Crippen LogP contribution in [-0.4, -0.2) is 40.8 Å². The molecule has 0 bridgehead atoms. The van der Waals surface area contributed by atoms with E-state index in [0.29, 0.717) is 6.54 Å². The van der Waals surface area contributed by atoms with Gasteiger partial charge < -0.3 is 10.0 Å². The van der Waals surface area contributed by atoms with Crippen LogP contribution in [0.25, 0.3) is 0 Å². The lowest BCUT2D eigenvalue weighted by molar-refractivity contribution is 0.106. The molecule has 18 heavy (non-hydrogen) atoms. The molecule has 5 nitrogen and oxygen atoms in total. The minimum atomic E-state index is -0.836. The van der Waals surface area contributed by atoms with Crippen molar-refractivity contribution in [3.8, 4) is 0 Å². The van der Waals surface area contributed by atoms with Crippen LogP contribution in [0.2, 0.25) is 0 Å². The Labute approximate surface area is 107 Å². The molecule has 1 aliphatic rings. The van der Waals surface area contributed by atoms with Gasteiger partial charge in [0.25, 0.3) is 0 Å². The van der Waals surface area contributed by atoms with Crippen LogP contribution in [0, 0.1) is 6.92 Å². The number of rotatable bonds is 2. The van der Waals surface area contributed by atoms with Gasteiger partial charge in [0.05, 0.1) is 0 Å². The minimum Gasteiger partial charge on any atom is -0.465 e. The molecular formula is C13H19N3O2. The lowest BCUT2D eigenvalue weighted by atomic mass is 10.1. The van der Waals surface area contributed by atoms with E-state index in [4.69, 9.17) is 0 Å². The van der Waals surface area contributed by atoms with Gasteiger partial charge in [-0.3, -0.25) is 9.88 Å². The van der Waals surface area contributed by atoms with E-state index in [-0.39, 0.29) is 6.17 Å². The highest BCUT2D eigenvalue weighted by molar-refractivity contribution is 5.66. The molecule has 1 amide bonds. The second-order valence-electron chi connectivity index (χ2n) is 4.72. The van der Waals surface area contributed by atoms with E-state index in [1.54, 1.807) is 6.20 Å². The molecule has 0 spiro atoms. The van der Waals surface area contributed by atoms with Crippen LogP contribution in [0.3, 0.4) is 0 Å². The van der Waals surface area contributed by atoms with Crippen molar-refractivity contribution in [3.63, 3.8) is 0 Å². The summed E-state index contributed by atoms with van der Waals surface area (Å²) in [5.74, 6) is 0. The van der Waals surface area contributed by atoms with Crippen LogP contribution in [0.15, 0.2) is 18.3 Å². The summed E-state index contributed by atoms with van der Waals surface area (Å²) in [6.45, 7) is 2.56. The summed E-state index contributed by atoms with van der Waals surface area (Å²) in [5.41, 5.74) is 1.96. The van der Waals surface area contributed by atoms with Crippen LogP contribution in [0.4, 0.5) is 10.5 Å². The third-order valence-electron chi connectivity index (χ3n) is 3.45. The molecule has 0 aliphatic carbocycles. The van der Waals surface area contributed by atoms with E-state index in [9.17, 15) is 9.90 Å². The molecule has 1 atom stereocenters. The van der Waals surface area contributed by atoms with Gasteiger partial charge in [-0.05, 0) is 38.3 Å². The summed E-state index contributed by atoms with van der Waals surface area (Å²) in [6.07, 6.45) is 3.75. The van der Waals surface area contributed by atoms with Crippen molar-refractivity contribution in [2.45, 2.75) is 32.4 Å². The van der Waals surface area contributed by atoms with Gasteiger partial charge in [-0.2, -0.15) is 0 Å².